The molecular weight excluding hydrogens is 210 g/mol. The van der Waals surface area contributed by atoms with Crippen LogP contribution in [0, 0.1) is 6.57 Å². The van der Waals surface area contributed by atoms with E-state index in [1.165, 1.54) is 6.07 Å². The van der Waals surface area contributed by atoms with Gasteiger partial charge in [-0.3, -0.25) is 0 Å². The molecule has 0 atom stereocenters. The van der Waals surface area contributed by atoms with Crippen LogP contribution in [-0.4, -0.2) is 8.42 Å². The number of hydrogen-bond acceptors (Lipinski definition) is 2. The molecule has 68 valence electrons. The molecule has 0 unspecified atom stereocenters. The predicted octanol–water partition coefficient (Wildman–Crippen LogP) is 2.31. The molecule has 1 aromatic rings. The van der Waals surface area contributed by atoms with Crippen molar-refractivity contribution in [2.45, 2.75) is 5.75 Å². The minimum atomic E-state index is -3.53. The maximum absolute atomic E-state index is 10.7. The standard InChI is InChI=1S/C8H6ClNO2S/c1-10-8-4-2-3-7(5-8)6-13(9,11)12/h2-5H,6H2. The van der Waals surface area contributed by atoms with Crippen LogP contribution in [0.5, 0.6) is 0 Å². The van der Waals surface area contributed by atoms with Crippen molar-refractivity contribution in [3.05, 3.63) is 41.2 Å². The minimum Gasteiger partial charge on any atom is -0.238 e. The van der Waals surface area contributed by atoms with Crippen LogP contribution in [0.1, 0.15) is 5.56 Å². The van der Waals surface area contributed by atoms with Gasteiger partial charge in [0.25, 0.3) is 0 Å². The number of hydrogen-bond donors (Lipinski definition) is 0. The molecule has 0 spiro atoms. The molecule has 1 aromatic carbocycles. The molecule has 0 saturated carbocycles. The van der Waals surface area contributed by atoms with E-state index in [1.807, 2.05) is 0 Å². The lowest BCUT2D eigenvalue weighted by Gasteiger charge is -1.97. The topological polar surface area (TPSA) is 38.5 Å². The van der Waals surface area contributed by atoms with Crippen molar-refractivity contribution in [1.82, 2.24) is 0 Å². The second-order valence-electron chi connectivity index (χ2n) is 2.46. The summed E-state index contributed by atoms with van der Waals surface area (Å²) in [6, 6.07) is 6.36. The normalized spacial score (nSPS) is 10.8. The number of benzene rings is 1. The molecular formula is C8H6ClNO2S. The van der Waals surface area contributed by atoms with Crippen LogP contribution in [-0.2, 0) is 14.8 Å². The van der Waals surface area contributed by atoms with E-state index in [0.717, 1.165) is 0 Å². The summed E-state index contributed by atoms with van der Waals surface area (Å²) >= 11 is 0. The van der Waals surface area contributed by atoms with Crippen molar-refractivity contribution in [3.63, 3.8) is 0 Å². The number of halogens is 1. The summed E-state index contributed by atoms with van der Waals surface area (Å²) in [6.45, 7) is 6.71. The molecule has 5 heteroatoms. The molecule has 0 saturated heterocycles. The van der Waals surface area contributed by atoms with Gasteiger partial charge < -0.3 is 0 Å². The van der Waals surface area contributed by atoms with Gasteiger partial charge in [0.15, 0.2) is 5.69 Å². The molecule has 13 heavy (non-hydrogen) atoms. The third kappa shape index (κ3) is 3.45. The first kappa shape index (κ1) is 10.0. The van der Waals surface area contributed by atoms with E-state index in [2.05, 4.69) is 4.85 Å². The van der Waals surface area contributed by atoms with Gasteiger partial charge in [-0.1, -0.05) is 24.3 Å². The summed E-state index contributed by atoms with van der Waals surface area (Å²) in [7, 11) is 1.53. The highest BCUT2D eigenvalue weighted by molar-refractivity contribution is 8.13. The van der Waals surface area contributed by atoms with Crippen molar-refractivity contribution in [2.75, 3.05) is 0 Å². The summed E-state index contributed by atoms with van der Waals surface area (Å²) in [4.78, 5) is 3.17. The van der Waals surface area contributed by atoms with Gasteiger partial charge in [-0.15, -0.1) is 0 Å². The van der Waals surface area contributed by atoms with Crippen LogP contribution in [0.4, 0.5) is 5.69 Å². The Morgan fingerprint density at radius 3 is 2.69 bits per heavy atom. The summed E-state index contributed by atoms with van der Waals surface area (Å²) in [5.74, 6) is -0.238. The lowest BCUT2D eigenvalue weighted by molar-refractivity contribution is 0.609. The quantitative estimate of drug-likeness (QED) is 0.561. The lowest BCUT2D eigenvalue weighted by Crippen LogP contribution is -1.93. The average Bonchev–Trinajstić information content (AvgIpc) is 2.01. The zero-order valence-corrected chi connectivity index (χ0v) is 8.14. The van der Waals surface area contributed by atoms with Gasteiger partial charge >= 0.3 is 0 Å². The van der Waals surface area contributed by atoms with E-state index in [1.54, 1.807) is 18.2 Å². The highest BCUT2D eigenvalue weighted by Crippen LogP contribution is 2.16. The Bertz CT molecular complexity index is 447. The van der Waals surface area contributed by atoms with Crippen LogP contribution in [0.3, 0.4) is 0 Å². The maximum atomic E-state index is 10.7. The van der Waals surface area contributed by atoms with Gasteiger partial charge in [-0.25, -0.2) is 13.3 Å². The predicted molar refractivity (Wildman–Crippen MR) is 51.2 cm³/mol. The van der Waals surface area contributed by atoms with Gasteiger partial charge in [-0.2, -0.15) is 0 Å². The Hall–Kier alpha value is -1.05. The van der Waals surface area contributed by atoms with Crippen molar-refractivity contribution >= 4 is 25.4 Å². The first-order valence-corrected chi connectivity index (χ1v) is 5.88. The van der Waals surface area contributed by atoms with Gasteiger partial charge in [0, 0.05) is 10.7 Å². The molecule has 0 N–H and O–H groups in total. The van der Waals surface area contributed by atoms with Crippen LogP contribution in [0.2, 0.25) is 0 Å². The van der Waals surface area contributed by atoms with E-state index in [9.17, 15) is 8.42 Å². The van der Waals surface area contributed by atoms with Crippen LogP contribution < -0.4 is 0 Å². The zero-order chi connectivity index (χ0) is 9.90. The van der Waals surface area contributed by atoms with Crippen LogP contribution in [0.15, 0.2) is 24.3 Å². The molecule has 0 bridgehead atoms. The highest BCUT2D eigenvalue weighted by Gasteiger charge is 2.06. The van der Waals surface area contributed by atoms with Gasteiger partial charge in [0.05, 0.1) is 12.3 Å². The Morgan fingerprint density at radius 1 is 1.46 bits per heavy atom. The van der Waals surface area contributed by atoms with Crippen LogP contribution >= 0.6 is 10.7 Å². The monoisotopic (exact) mass is 215 g/mol. The van der Waals surface area contributed by atoms with E-state index >= 15 is 0 Å². The van der Waals surface area contributed by atoms with E-state index < -0.39 is 9.05 Å². The molecule has 0 aliphatic heterocycles. The number of rotatable bonds is 2. The van der Waals surface area contributed by atoms with Crippen LogP contribution in [0.25, 0.3) is 4.85 Å². The molecule has 0 heterocycles. The maximum Gasteiger partial charge on any atom is 0.236 e. The first-order chi connectivity index (χ1) is 6.01. The fraction of sp³-hybridized carbons (Fsp3) is 0.125. The second kappa shape index (κ2) is 3.77. The van der Waals surface area contributed by atoms with E-state index in [4.69, 9.17) is 17.3 Å². The second-order valence-corrected chi connectivity index (χ2v) is 5.24. The van der Waals surface area contributed by atoms with Crippen molar-refractivity contribution in [1.29, 1.82) is 0 Å². The van der Waals surface area contributed by atoms with Crippen molar-refractivity contribution in [3.8, 4) is 0 Å². The Morgan fingerprint density at radius 2 is 2.15 bits per heavy atom. The molecule has 0 aromatic heterocycles. The van der Waals surface area contributed by atoms with Gasteiger partial charge in [0.2, 0.25) is 9.05 Å². The van der Waals surface area contributed by atoms with Crippen molar-refractivity contribution < 1.29 is 8.42 Å². The fourth-order valence-corrected chi connectivity index (χ4v) is 1.87. The molecule has 0 aliphatic carbocycles. The molecule has 0 fully saturated rings. The van der Waals surface area contributed by atoms with Crippen molar-refractivity contribution in [2.24, 2.45) is 0 Å². The third-order valence-electron chi connectivity index (χ3n) is 1.38. The SMILES string of the molecule is [C-]#[N+]c1cccc(CS(=O)(=O)Cl)c1. The highest BCUT2D eigenvalue weighted by atomic mass is 35.7. The largest absolute Gasteiger partial charge is 0.238 e. The summed E-state index contributed by atoms with van der Waals surface area (Å²) < 4.78 is 21.4. The molecule has 0 amide bonds. The summed E-state index contributed by atoms with van der Waals surface area (Å²) in [5, 5.41) is 0. The molecule has 3 nitrogen and oxygen atoms in total. The minimum absolute atomic E-state index is 0.238. The summed E-state index contributed by atoms with van der Waals surface area (Å²) in [5.41, 5.74) is 0.946. The van der Waals surface area contributed by atoms with Gasteiger partial charge in [0.1, 0.15) is 0 Å². The molecule has 0 aliphatic rings. The Balaban J connectivity index is 2.99. The Labute approximate surface area is 81.2 Å². The first-order valence-electron chi connectivity index (χ1n) is 3.40. The number of nitrogens with zero attached hydrogens (tertiary/aromatic N) is 1. The van der Waals surface area contributed by atoms with E-state index in [0.29, 0.717) is 11.3 Å². The third-order valence-corrected chi connectivity index (χ3v) is 2.38. The lowest BCUT2D eigenvalue weighted by atomic mass is 10.2. The summed E-state index contributed by atoms with van der Waals surface area (Å²) in [6.07, 6.45) is 0. The van der Waals surface area contributed by atoms with E-state index in [-0.39, 0.29) is 5.75 Å². The smallest absolute Gasteiger partial charge is 0.236 e. The molecule has 0 radical (unpaired) electrons. The molecule has 1 rings (SSSR count). The Kier molecular flexibility index (Phi) is 2.91. The fourth-order valence-electron chi connectivity index (χ4n) is 0.915. The van der Waals surface area contributed by atoms with Gasteiger partial charge in [-0.05, 0) is 5.56 Å². The zero-order valence-electron chi connectivity index (χ0n) is 6.57. The average molecular weight is 216 g/mol.